The number of hydrogen-bond donors (Lipinski definition) is 1. The van der Waals surface area contributed by atoms with Gasteiger partial charge in [-0.1, -0.05) is 36.8 Å². The highest BCUT2D eigenvalue weighted by atomic mass is 16.5. The van der Waals surface area contributed by atoms with Gasteiger partial charge in [0.1, 0.15) is 11.9 Å². The third-order valence-corrected chi connectivity index (χ3v) is 5.11. The number of ether oxygens (including phenoxy) is 2. The van der Waals surface area contributed by atoms with Crippen molar-refractivity contribution < 1.29 is 19.1 Å². The van der Waals surface area contributed by atoms with E-state index < -0.39 is 0 Å². The van der Waals surface area contributed by atoms with Gasteiger partial charge in [-0.25, -0.2) is 4.79 Å². The van der Waals surface area contributed by atoms with Crippen molar-refractivity contribution in [1.82, 2.24) is 4.90 Å². The van der Waals surface area contributed by atoms with E-state index in [0.29, 0.717) is 23.5 Å². The van der Waals surface area contributed by atoms with Crippen molar-refractivity contribution >= 4 is 17.6 Å². The first-order chi connectivity index (χ1) is 14.0. The van der Waals surface area contributed by atoms with Crippen molar-refractivity contribution in [3.63, 3.8) is 0 Å². The van der Waals surface area contributed by atoms with E-state index in [4.69, 9.17) is 15.2 Å². The van der Waals surface area contributed by atoms with Crippen LogP contribution in [0.4, 0.5) is 5.69 Å². The number of nitrogens with two attached hydrogens (primary N) is 1. The van der Waals surface area contributed by atoms with Crippen LogP contribution in [0.25, 0.3) is 0 Å². The number of hydrogen-bond acceptors (Lipinski definition) is 5. The predicted octanol–water partition coefficient (Wildman–Crippen LogP) is 3.80. The van der Waals surface area contributed by atoms with Crippen molar-refractivity contribution in [3.05, 3.63) is 59.7 Å². The third kappa shape index (κ3) is 5.98. The van der Waals surface area contributed by atoms with E-state index >= 15 is 0 Å². The predicted molar refractivity (Wildman–Crippen MR) is 112 cm³/mol. The molecule has 0 spiro atoms. The van der Waals surface area contributed by atoms with Crippen LogP contribution in [0, 0.1) is 0 Å². The molecule has 1 aliphatic carbocycles. The van der Waals surface area contributed by atoms with Gasteiger partial charge in [-0.05, 0) is 49.4 Å². The lowest BCUT2D eigenvalue weighted by molar-refractivity contribution is -0.132. The average molecular weight is 396 g/mol. The summed E-state index contributed by atoms with van der Waals surface area (Å²) in [5.41, 5.74) is 7.75. The molecule has 6 nitrogen and oxygen atoms in total. The fourth-order valence-electron chi connectivity index (χ4n) is 3.38. The van der Waals surface area contributed by atoms with Crippen molar-refractivity contribution in [2.75, 3.05) is 19.4 Å². The Morgan fingerprint density at radius 3 is 2.52 bits per heavy atom. The molecule has 0 saturated heterocycles. The summed E-state index contributed by atoms with van der Waals surface area (Å²) in [5, 5.41) is 0. The number of likely N-dealkylation sites (N-methyl/N-ethyl adjacent to an activating group) is 1. The van der Waals surface area contributed by atoms with E-state index in [1.54, 1.807) is 30.1 Å². The molecule has 1 saturated carbocycles. The maximum atomic E-state index is 12.4. The van der Waals surface area contributed by atoms with E-state index in [9.17, 15) is 9.59 Å². The molecule has 154 valence electrons. The highest BCUT2D eigenvalue weighted by Crippen LogP contribution is 2.25. The highest BCUT2D eigenvalue weighted by Gasteiger charge is 2.20. The first kappa shape index (κ1) is 20.7. The summed E-state index contributed by atoms with van der Waals surface area (Å²) in [6, 6.07) is 14.5. The molecular formula is C23H28N2O4. The summed E-state index contributed by atoms with van der Waals surface area (Å²) in [4.78, 5) is 26.4. The molecule has 2 N–H and O–H groups in total. The largest absolute Gasteiger partial charge is 0.482 e. The number of carbonyl (C=O) groups excluding carboxylic acids is 2. The van der Waals surface area contributed by atoms with Crippen LogP contribution in [-0.4, -0.2) is 36.5 Å². The molecule has 1 fully saturated rings. The Hall–Kier alpha value is -3.02. The quantitative estimate of drug-likeness (QED) is 0.569. The summed E-state index contributed by atoms with van der Waals surface area (Å²) in [7, 11) is 1.72. The molecule has 3 rings (SSSR count). The maximum Gasteiger partial charge on any atom is 0.338 e. The van der Waals surface area contributed by atoms with Crippen LogP contribution < -0.4 is 10.5 Å². The minimum atomic E-state index is -0.380. The van der Waals surface area contributed by atoms with Crippen molar-refractivity contribution in [2.45, 2.75) is 44.8 Å². The fourth-order valence-corrected chi connectivity index (χ4v) is 3.38. The van der Waals surface area contributed by atoms with Crippen LogP contribution in [-0.2, 0) is 16.1 Å². The molecule has 0 aromatic heterocycles. The molecule has 0 aliphatic heterocycles. The lowest BCUT2D eigenvalue weighted by Crippen LogP contribution is -2.31. The Labute approximate surface area is 171 Å². The zero-order valence-electron chi connectivity index (χ0n) is 16.8. The van der Waals surface area contributed by atoms with Crippen molar-refractivity contribution in [2.24, 2.45) is 0 Å². The van der Waals surface area contributed by atoms with E-state index in [-0.39, 0.29) is 24.6 Å². The second-order valence-corrected chi connectivity index (χ2v) is 7.44. The number of esters is 1. The van der Waals surface area contributed by atoms with Gasteiger partial charge in [0.15, 0.2) is 6.61 Å². The summed E-state index contributed by atoms with van der Waals surface area (Å²) in [6.45, 7) is 0.334. The molecule has 0 unspecified atom stereocenters. The third-order valence-electron chi connectivity index (χ3n) is 5.11. The molecule has 0 atom stereocenters. The molecule has 0 radical (unpaired) electrons. The lowest BCUT2D eigenvalue weighted by atomic mass is 9.98. The summed E-state index contributed by atoms with van der Waals surface area (Å²) >= 11 is 0. The fraction of sp³-hybridized carbons (Fsp3) is 0.391. The zero-order valence-corrected chi connectivity index (χ0v) is 16.8. The summed E-state index contributed by atoms with van der Waals surface area (Å²) in [6.07, 6.45) is 5.17. The summed E-state index contributed by atoms with van der Waals surface area (Å²) < 4.78 is 11.2. The zero-order chi connectivity index (χ0) is 20.6. The van der Waals surface area contributed by atoms with E-state index in [0.717, 1.165) is 31.2 Å². The molecular weight excluding hydrogens is 368 g/mol. The monoisotopic (exact) mass is 396 g/mol. The van der Waals surface area contributed by atoms with Gasteiger partial charge in [0.25, 0.3) is 5.91 Å². The van der Waals surface area contributed by atoms with E-state index in [1.165, 1.54) is 6.42 Å². The average Bonchev–Trinajstić information content (AvgIpc) is 2.74. The van der Waals surface area contributed by atoms with Crippen LogP contribution in [0.1, 0.15) is 48.0 Å². The van der Waals surface area contributed by atoms with Gasteiger partial charge < -0.3 is 20.1 Å². The van der Waals surface area contributed by atoms with Gasteiger partial charge in [0.05, 0.1) is 11.3 Å². The SMILES string of the molecule is CN(Cc1ccccc1)C(=O)COc1cc(C(=O)OC2CCCCC2)ccc1N. The molecule has 6 heteroatoms. The Morgan fingerprint density at radius 2 is 1.79 bits per heavy atom. The van der Waals surface area contributed by atoms with E-state index in [1.807, 2.05) is 30.3 Å². The number of carbonyl (C=O) groups is 2. The Bertz CT molecular complexity index is 832. The first-order valence-corrected chi connectivity index (χ1v) is 10.0. The van der Waals surface area contributed by atoms with Gasteiger partial charge in [-0.3, -0.25) is 4.79 Å². The van der Waals surface area contributed by atoms with Crippen molar-refractivity contribution in [3.8, 4) is 5.75 Å². The molecule has 0 heterocycles. The van der Waals surface area contributed by atoms with Gasteiger partial charge in [0.2, 0.25) is 0 Å². The van der Waals surface area contributed by atoms with Crippen LogP contribution in [0.5, 0.6) is 5.75 Å². The minimum Gasteiger partial charge on any atom is -0.482 e. The van der Waals surface area contributed by atoms with Gasteiger partial charge in [-0.15, -0.1) is 0 Å². The van der Waals surface area contributed by atoms with Crippen LogP contribution in [0.15, 0.2) is 48.5 Å². The smallest absolute Gasteiger partial charge is 0.338 e. The topological polar surface area (TPSA) is 81.9 Å². The second kappa shape index (κ2) is 9.96. The van der Waals surface area contributed by atoms with Crippen LogP contribution in [0.3, 0.4) is 0 Å². The highest BCUT2D eigenvalue weighted by molar-refractivity contribution is 5.91. The standard InChI is InChI=1S/C23H28N2O4/c1-25(15-17-8-4-2-5-9-17)22(26)16-28-21-14-18(12-13-20(21)24)23(27)29-19-10-6-3-7-11-19/h2,4-5,8-9,12-14,19H,3,6-7,10-11,15-16,24H2,1H3. The Kier molecular flexibility index (Phi) is 7.11. The minimum absolute atomic E-state index is 0.0219. The Morgan fingerprint density at radius 1 is 1.07 bits per heavy atom. The number of benzene rings is 2. The Balaban J connectivity index is 1.56. The molecule has 0 bridgehead atoms. The number of anilines is 1. The molecule has 29 heavy (non-hydrogen) atoms. The number of nitrogens with zero attached hydrogens (tertiary/aromatic N) is 1. The first-order valence-electron chi connectivity index (χ1n) is 10.0. The van der Waals surface area contributed by atoms with Crippen molar-refractivity contribution in [1.29, 1.82) is 0 Å². The van der Waals surface area contributed by atoms with Gasteiger partial charge in [0, 0.05) is 13.6 Å². The number of nitrogen functional groups attached to an aromatic ring is 1. The molecule has 1 amide bonds. The van der Waals surface area contributed by atoms with Gasteiger partial charge >= 0.3 is 5.97 Å². The lowest BCUT2D eigenvalue weighted by Gasteiger charge is -2.22. The normalized spacial score (nSPS) is 14.2. The van der Waals surface area contributed by atoms with E-state index in [2.05, 4.69) is 0 Å². The van der Waals surface area contributed by atoms with Crippen LogP contribution >= 0.6 is 0 Å². The maximum absolute atomic E-state index is 12.4. The van der Waals surface area contributed by atoms with Gasteiger partial charge in [-0.2, -0.15) is 0 Å². The second-order valence-electron chi connectivity index (χ2n) is 7.44. The number of rotatable bonds is 7. The molecule has 2 aromatic rings. The number of amides is 1. The molecule has 2 aromatic carbocycles. The summed E-state index contributed by atoms with van der Waals surface area (Å²) in [5.74, 6) is -0.248. The molecule has 1 aliphatic rings. The van der Waals surface area contributed by atoms with Crippen LogP contribution in [0.2, 0.25) is 0 Å².